The molecule has 0 aliphatic carbocycles. The van der Waals surface area contributed by atoms with Crippen LogP contribution in [0.2, 0.25) is 0 Å². The Bertz CT molecular complexity index is 587. The number of nitrogens with one attached hydrogen (secondary N) is 2. The largest absolute Gasteiger partial charge is 0.327 e. The molecule has 0 spiro atoms. The number of amides is 1. The maximum Gasteiger partial charge on any atom is 0.256 e. The van der Waals surface area contributed by atoms with E-state index in [1.165, 1.54) is 12.3 Å². The molecular weight excluding hydrogens is 284 g/mol. The average molecular weight is 293 g/mol. The van der Waals surface area contributed by atoms with E-state index in [0.29, 0.717) is 11.3 Å². The number of pyridine rings is 1. The van der Waals surface area contributed by atoms with Crippen molar-refractivity contribution >= 4 is 27.5 Å². The highest BCUT2D eigenvalue weighted by atomic mass is 79.9. The van der Waals surface area contributed by atoms with E-state index < -0.39 is 0 Å². The van der Waals surface area contributed by atoms with Crippen LogP contribution < -0.4 is 10.9 Å². The second-order valence-electron chi connectivity index (χ2n) is 3.38. The number of aromatic nitrogens is 1. The molecule has 0 saturated carbocycles. The molecule has 0 saturated heterocycles. The zero-order chi connectivity index (χ0) is 12.3. The topological polar surface area (TPSA) is 62.0 Å². The minimum atomic E-state index is -0.232. The van der Waals surface area contributed by atoms with Crippen LogP contribution >= 0.6 is 15.9 Å². The van der Waals surface area contributed by atoms with Crippen LogP contribution in [-0.2, 0) is 0 Å². The van der Waals surface area contributed by atoms with Crippen molar-refractivity contribution in [2.24, 2.45) is 0 Å². The van der Waals surface area contributed by atoms with Crippen molar-refractivity contribution in [3.05, 3.63) is 63.0 Å². The van der Waals surface area contributed by atoms with Crippen molar-refractivity contribution in [2.75, 3.05) is 5.32 Å². The number of rotatable bonds is 2. The molecule has 0 fully saturated rings. The number of carbonyl (C=O) groups excluding carboxylic acids is 1. The van der Waals surface area contributed by atoms with Gasteiger partial charge in [0, 0.05) is 16.7 Å². The SMILES string of the molecule is O=C(Nc1ccc(=O)[nH]c1)c1ccccc1Br. The van der Waals surface area contributed by atoms with Gasteiger partial charge in [-0.25, -0.2) is 0 Å². The monoisotopic (exact) mass is 292 g/mol. The summed E-state index contributed by atoms with van der Waals surface area (Å²) in [4.78, 5) is 25.2. The predicted octanol–water partition coefficient (Wildman–Crippen LogP) is 2.39. The molecule has 2 rings (SSSR count). The summed E-state index contributed by atoms with van der Waals surface area (Å²) >= 11 is 3.30. The normalized spacial score (nSPS) is 9.94. The summed E-state index contributed by atoms with van der Waals surface area (Å²) < 4.78 is 0.724. The minimum absolute atomic E-state index is 0.205. The number of aromatic amines is 1. The fourth-order valence-corrected chi connectivity index (χ4v) is 1.80. The summed E-state index contributed by atoms with van der Waals surface area (Å²) in [6.07, 6.45) is 1.46. The molecule has 0 atom stereocenters. The van der Waals surface area contributed by atoms with E-state index in [4.69, 9.17) is 0 Å². The standard InChI is InChI=1S/C12H9BrN2O2/c13-10-4-2-1-3-9(10)12(17)15-8-5-6-11(16)14-7-8/h1-7H,(H,14,16)(H,15,17). The third kappa shape index (κ3) is 2.82. The van der Waals surface area contributed by atoms with Gasteiger partial charge in [-0.05, 0) is 34.1 Å². The van der Waals surface area contributed by atoms with Crippen molar-refractivity contribution in [2.45, 2.75) is 0 Å². The first-order chi connectivity index (χ1) is 8.16. The van der Waals surface area contributed by atoms with E-state index in [2.05, 4.69) is 26.2 Å². The molecule has 0 bridgehead atoms. The summed E-state index contributed by atoms with van der Waals surface area (Å²) in [6, 6.07) is 10.0. The molecule has 5 heteroatoms. The number of hydrogen-bond donors (Lipinski definition) is 2. The van der Waals surface area contributed by atoms with Crippen LogP contribution in [0.3, 0.4) is 0 Å². The van der Waals surface area contributed by atoms with Gasteiger partial charge in [0.2, 0.25) is 5.56 Å². The van der Waals surface area contributed by atoms with Crippen molar-refractivity contribution in [3.63, 3.8) is 0 Å². The number of anilines is 1. The maximum absolute atomic E-state index is 11.9. The molecular formula is C12H9BrN2O2. The van der Waals surface area contributed by atoms with Crippen LogP contribution in [0.15, 0.2) is 51.9 Å². The molecule has 17 heavy (non-hydrogen) atoms. The highest BCUT2D eigenvalue weighted by Crippen LogP contribution is 2.17. The molecule has 86 valence electrons. The third-order valence-electron chi connectivity index (χ3n) is 2.16. The van der Waals surface area contributed by atoms with E-state index in [1.807, 2.05) is 6.07 Å². The van der Waals surface area contributed by atoms with Gasteiger partial charge in [0.1, 0.15) is 0 Å². The Labute approximate surface area is 106 Å². The number of H-pyrrole nitrogens is 1. The Balaban J connectivity index is 2.20. The van der Waals surface area contributed by atoms with Crippen LogP contribution in [0.5, 0.6) is 0 Å². The molecule has 0 aliphatic rings. The van der Waals surface area contributed by atoms with Gasteiger partial charge >= 0.3 is 0 Å². The van der Waals surface area contributed by atoms with Crippen molar-refractivity contribution in [1.82, 2.24) is 4.98 Å². The summed E-state index contributed by atoms with van der Waals surface area (Å²) in [6.45, 7) is 0. The van der Waals surface area contributed by atoms with Gasteiger partial charge < -0.3 is 10.3 Å². The van der Waals surface area contributed by atoms with E-state index in [1.54, 1.807) is 24.3 Å². The summed E-state index contributed by atoms with van der Waals surface area (Å²) in [5.41, 5.74) is 0.882. The highest BCUT2D eigenvalue weighted by molar-refractivity contribution is 9.10. The van der Waals surface area contributed by atoms with Crippen LogP contribution in [-0.4, -0.2) is 10.9 Å². The Kier molecular flexibility index (Phi) is 3.39. The minimum Gasteiger partial charge on any atom is -0.327 e. The molecule has 1 aromatic heterocycles. The molecule has 0 unspecified atom stereocenters. The van der Waals surface area contributed by atoms with Gasteiger partial charge in [-0.15, -0.1) is 0 Å². The van der Waals surface area contributed by atoms with Crippen molar-refractivity contribution in [3.8, 4) is 0 Å². The van der Waals surface area contributed by atoms with Crippen LogP contribution in [0, 0.1) is 0 Å². The number of benzene rings is 1. The van der Waals surface area contributed by atoms with E-state index in [9.17, 15) is 9.59 Å². The fraction of sp³-hybridized carbons (Fsp3) is 0. The zero-order valence-electron chi connectivity index (χ0n) is 8.74. The van der Waals surface area contributed by atoms with Gasteiger partial charge in [-0.3, -0.25) is 9.59 Å². The second-order valence-corrected chi connectivity index (χ2v) is 4.23. The molecule has 2 N–H and O–H groups in total. The van der Waals surface area contributed by atoms with E-state index in [0.717, 1.165) is 4.47 Å². The lowest BCUT2D eigenvalue weighted by atomic mass is 10.2. The van der Waals surface area contributed by atoms with E-state index in [-0.39, 0.29) is 11.5 Å². The van der Waals surface area contributed by atoms with Gasteiger partial charge in [0.15, 0.2) is 0 Å². The Morgan fingerprint density at radius 1 is 1.18 bits per heavy atom. The highest BCUT2D eigenvalue weighted by Gasteiger charge is 2.08. The number of halogens is 1. The van der Waals surface area contributed by atoms with Crippen LogP contribution in [0.4, 0.5) is 5.69 Å². The second kappa shape index (κ2) is 4.97. The maximum atomic E-state index is 11.9. The zero-order valence-corrected chi connectivity index (χ0v) is 10.3. The molecule has 1 amide bonds. The molecule has 4 nitrogen and oxygen atoms in total. The van der Waals surface area contributed by atoms with Gasteiger partial charge in [-0.2, -0.15) is 0 Å². The van der Waals surface area contributed by atoms with Gasteiger partial charge in [-0.1, -0.05) is 12.1 Å². The van der Waals surface area contributed by atoms with Crippen molar-refractivity contribution in [1.29, 1.82) is 0 Å². The number of carbonyl (C=O) groups is 1. The average Bonchev–Trinajstić information content (AvgIpc) is 2.32. The molecule has 1 aromatic carbocycles. The Hall–Kier alpha value is -1.88. The molecule has 1 heterocycles. The van der Waals surface area contributed by atoms with Gasteiger partial charge in [0.25, 0.3) is 5.91 Å². The lowest BCUT2D eigenvalue weighted by Crippen LogP contribution is -2.14. The Morgan fingerprint density at radius 2 is 1.94 bits per heavy atom. The fourth-order valence-electron chi connectivity index (χ4n) is 1.33. The van der Waals surface area contributed by atoms with Crippen LogP contribution in [0.1, 0.15) is 10.4 Å². The molecule has 2 aromatic rings. The summed E-state index contributed by atoms with van der Waals surface area (Å²) in [5, 5.41) is 2.69. The lowest BCUT2D eigenvalue weighted by Gasteiger charge is -2.05. The Morgan fingerprint density at radius 3 is 2.59 bits per heavy atom. The summed E-state index contributed by atoms with van der Waals surface area (Å²) in [5.74, 6) is -0.232. The number of hydrogen-bond acceptors (Lipinski definition) is 2. The van der Waals surface area contributed by atoms with Gasteiger partial charge in [0.05, 0.1) is 11.3 Å². The van der Waals surface area contributed by atoms with Crippen molar-refractivity contribution < 1.29 is 4.79 Å². The third-order valence-corrected chi connectivity index (χ3v) is 2.85. The summed E-state index contributed by atoms with van der Waals surface area (Å²) in [7, 11) is 0. The molecule has 0 aliphatic heterocycles. The van der Waals surface area contributed by atoms with E-state index >= 15 is 0 Å². The first-order valence-corrected chi connectivity index (χ1v) is 5.71. The predicted molar refractivity (Wildman–Crippen MR) is 69.2 cm³/mol. The van der Waals surface area contributed by atoms with Crippen LogP contribution in [0.25, 0.3) is 0 Å². The lowest BCUT2D eigenvalue weighted by molar-refractivity contribution is 0.102. The first kappa shape index (κ1) is 11.6. The quantitative estimate of drug-likeness (QED) is 0.893. The smallest absolute Gasteiger partial charge is 0.256 e. The first-order valence-electron chi connectivity index (χ1n) is 4.91. The molecule has 0 radical (unpaired) electrons.